The fraction of sp³-hybridized carbons (Fsp3) is 0.0833. The molecule has 5 nitrogen and oxygen atoms in total. The van der Waals surface area contributed by atoms with Crippen LogP contribution in [-0.4, -0.2) is 22.9 Å². The third-order valence-corrected chi connectivity index (χ3v) is 2.45. The number of aromatic nitrogens is 2. The van der Waals surface area contributed by atoms with Gasteiger partial charge in [0.15, 0.2) is 5.82 Å². The first-order chi connectivity index (χ1) is 8.20. The smallest absolute Gasteiger partial charge is 0.151 e. The van der Waals surface area contributed by atoms with Gasteiger partial charge in [-0.3, -0.25) is 10.4 Å². The normalized spacial score (nSPS) is 9.94. The molecule has 0 atom stereocenters. The number of benzene rings is 1. The highest BCUT2D eigenvalue weighted by atomic mass is 15.2. The molecule has 0 unspecified atom stereocenters. The fourth-order valence-electron chi connectivity index (χ4n) is 1.58. The maximum atomic E-state index is 7.55. The molecule has 2 aromatic rings. The van der Waals surface area contributed by atoms with E-state index in [9.17, 15) is 0 Å². The molecule has 0 saturated carbocycles. The molecular formula is C12H13N5. The highest BCUT2D eigenvalue weighted by molar-refractivity contribution is 6.01. The first-order valence-corrected chi connectivity index (χ1v) is 5.13. The van der Waals surface area contributed by atoms with Crippen LogP contribution in [0.2, 0.25) is 0 Å². The van der Waals surface area contributed by atoms with Crippen LogP contribution in [0.4, 0.5) is 11.5 Å². The lowest BCUT2D eigenvalue weighted by molar-refractivity contribution is 1.08. The minimum atomic E-state index is 0.0383. The molecule has 17 heavy (non-hydrogen) atoms. The zero-order chi connectivity index (χ0) is 12.3. The van der Waals surface area contributed by atoms with Crippen LogP contribution in [0.1, 0.15) is 5.56 Å². The number of nitrogens with one attached hydrogen (secondary N) is 1. The Morgan fingerprint density at radius 3 is 2.71 bits per heavy atom. The Labute approximate surface area is 99.4 Å². The van der Waals surface area contributed by atoms with Gasteiger partial charge in [0.1, 0.15) is 5.84 Å². The summed E-state index contributed by atoms with van der Waals surface area (Å²) >= 11 is 0. The van der Waals surface area contributed by atoms with Gasteiger partial charge >= 0.3 is 0 Å². The summed E-state index contributed by atoms with van der Waals surface area (Å²) in [6.07, 6.45) is 4.91. The van der Waals surface area contributed by atoms with E-state index >= 15 is 0 Å². The second-order valence-electron chi connectivity index (χ2n) is 3.55. The van der Waals surface area contributed by atoms with Gasteiger partial charge in [0, 0.05) is 25.0 Å². The number of nitrogen functional groups attached to an aromatic ring is 1. The quantitative estimate of drug-likeness (QED) is 0.615. The van der Waals surface area contributed by atoms with Gasteiger partial charge in [0.2, 0.25) is 0 Å². The number of hydrogen-bond donors (Lipinski definition) is 2. The summed E-state index contributed by atoms with van der Waals surface area (Å²) in [6.45, 7) is 0. The fourth-order valence-corrected chi connectivity index (χ4v) is 1.58. The van der Waals surface area contributed by atoms with Gasteiger partial charge in [-0.15, -0.1) is 0 Å². The van der Waals surface area contributed by atoms with Gasteiger partial charge in [-0.05, 0) is 12.1 Å². The van der Waals surface area contributed by atoms with Crippen LogP contribution < -0.4 is 10.6 Å². The van der Waals surface area contributed by atoms with Gasteiger partial charge < -0.3 is 10.6 Å². The molecule has 0 aliphatic carbocycles. The molecule has 86 valence electrons. The number of para-hydroxylation sites is 1. The molecule has 0 aliphatic heterocycles. The maximum Gasteiger partial charge on any atom is 0.151 e. The summed E-state index contributed by atoms with van der Waals surface area (Å²) in [7, 11) is 1.87. The lowest BCUT2D eigenvalue weighted by Gasteiger charge is -2.20. The van der Waals surface area contributed by atoms with Crippen LogP contribution in [0.15, 0.2) is 42.9 Å². The van der Waals surface area contributed by atoms with E-state index in [1.165, 1.54) is 0 Å². The van der Waals surface area contributed by atoms with Crippen molar-refractivity contribution in [3.8, 4) is 0 Å². The molecule has 1 aromatic heterocycles. The molecule has 0 amide bonds. The van der Waals surface area contributed by atoms with Crippen LogP contribution in [0.3, 0.4) is 0 Å². The van der Waals surface area contributed by atoms with Crippen molar-refractivity contribution in [1.82, 2.24) is 9.97 Å². The second kappa shape index (κ2) is 4.61. The molecule has 1 aromatic carbocycles. The average molecular weight is 227 g/mol. The molecule has 0 fully saturated rings. The predicted molar refractivity (Wildman–Crippen MR) is 67.6 cm³/mol. The van der Waals surface area contributed by atoms with Crippen molar-refractivity contribution < 1.29 is 0 Å². The van der Waals surface area contributed by atoms with E-state index in [0.717, 1.165) is 5.69 Å². The molecule has 0 saturated heterocycles. The van der Waals surface area contributed by atoms with Crippen molar-refractivity contribution in [3.05, 3.63) is 48.4 Å². The first kappa shape index (κ1) is 11.1. The summed E-state index contributed by atoms with van der Waals surface area (Å²) in [5.41, 5.74) is 7.07. The molecule has 3 N–H and O–H groups in total. The Hall–Kier alpha value is -2.43. The van der Waals surface area contributed by atoms with E-state index in [1.54, 1.807) is 18.6 Å². The SMILES string of the molecule is CN(c1cnccn1)c1ccccc1C(=N)N. The number of nitrogens with two attached hydrogens (primary N) is 1. The lowest BCUT2D eigenvalue weighted by atomic mass is 10.1. The van der Waals surface area contributed by atoms with Crippen molar-refractivity contribution in [1.29, 1.82) is 5.41 Å². The van der Waals surface area contributed by atoms with Gasteiger partial charge in [-0.25, -0.2) is 4.98 Å². The highest BCUT2D eigenvalue weighted by Crippen LogP contribution is 2.24. The minimum Gasteiger partial charge on any atom is -0.384 e. The van der Waals surface area contributed by atoms with Gasteiger partial charge in [0.05, 0.1) is 11.9 Å². The van der Waals surface area contributed by atoms with Crippen molar-refractivity contribution >= 4 is 17.3 Å². The topological polar surface area (TPSA) is 78.9 Å². The third kappa shape index (κ3) is 2.23. The molecule has 0 aliphatic rings. The number of anilines is 2. The molecule has 0 spiro atoms. The van der Waals surface area contributed by atoms with Gasteiger partial charge in [-0.1, -0.05) is 12.1 Å². The molecule has 0 bridgehead atoms. The summed E-state index contributed by atoms with van der Waals surface area (Å²) in [5.74, 6) is 0.748. The van der Waals surface area contributed by atoms with Crippen molar-refractivity contribution in [2.24, 2.45) is 5.73 Å². The Balaban J connectivity index is 2.44. The van der Waals surface area contributed by atoms with Crippen molar-refractivity contribution in [2.45, 2.75) is 0 Å². The van der Waals surface area contributed by atoms with Crippen molar-refractivity contribution in [2.75, 3.05) is 11.9 Å². The Kier molecular flexibility index (Phi) is 3.00. The number of rotatable bonds is 3. The number of hydrogen-bond acceptors (Lipinski definition) is 4. The lowest BCUT2D eigenvalue weighted by Crippen LogP contribution is -2.19. The molecule has 0 radical (unpaired) electrons. The Morgan fingerprint density at radius 2 is 2.06 bits per heavy atom. The maximum absolute atomic E-state index is 7.55. The summed E-state index contributed by atoms with van der Waals surface area (Å²) < 4.78 is 0. The number of amidine groups is 1. The number of nitrogens with zero attached hydrogens (tertiary/aromatic N) is 3. The highest BCUT2D eigenvalue weighted by Gasteiger charge is 2.11. The minimum absolute atomic E-state index is 0.0383. The molecule has 5 heteroatoms. The van der Waals surface area contributed by atoms with Crippen LogP contribution in [0.5, 0.6) is 0 Å². The van der Waals surface area contributed by atoms with Crippen LogP contribution >= 0.6 is 0 Å². The van der Waals surface area contributed by atoms with Crippen LogP contribution in [-0.2, 0) is 0 Å². The largest absolute Gasteiger partial charge is 0.384 e. The third-order valence-electron chi connectivity index (χ3n) is 2.45. The van der Waals surface area contributed by atoms with E-state index in [0.29, 0.717) is 11.4 Å². The standard InChI is InChI=1S/C12H13N5/c1-17(11-8-15-6-7-16-11)10-5-3-2-4-9(10)12(13)14/h2-8H,1H3,(H3,13,14). The van der Waals surface area contributed by atoms with E-state index in [-0.39, 0.29) is 5.84 Å². The van der Waals surface area contributed by atoms with E-state index in [4.69, 9.17) is 11.1 Å². The summed E-state index contributed by atoms with van der Waals surface area (Å²) in [5, 5.41) is 7.55. The monoisotopic (exact) mass is 227 g/mol. The summed E-state index contributed by atoms with van der Waals surface area (Å²) in [6, 6.07) is 7.45. The average Bonchev–Trinajstić information content (AvgIpc) is 2.39. The van der Waals surface area contributed by atoms with E-state index < -0.39 is 0 Å². The predicted octanol–water partition coefficient (Wildman–Crippen LogP) is 1.53. The zero-order valence-corrected chi connectivity index (χ0v) is 9.46. The molecular weight excluding hydrogens is 214 g/mol. The van der Waals surface area contributed by atoms with E-state index in [1.807, 2.05) is 36.2 Å². The van der Waals surface area contributed by atoms with Gasteiger partial charge in [-0.2, -0.15) is 0 Å². The summed E-state index contributed by atoms with van der Waals surface area (Å²) in [4.78, 5) is 10.1. The van der Waals surface area contributed by atoms with Gasteiger partial charge in [0.25, 0.3) is 0 Å². The molecule has 1 heterocycles. The zero-order valence-electron chi connectivity index (χ0n) is 9.46. The van der Waals surface area contributed by atoms with Crippen LogP contribution in [0, 0.1) is 5.41 Å². The first-order valence-electron chi connectivity index (χ1n) is 5.13. The van der Waals surface area contributed by atoms with Crippen LogP contribution in [0.25, 0.3) is 0 Å². The van der Waals surface area contributed by atoms with E-state index in [2.05, 4.69) is 9.97 Å². The Morgan fingerprint density at radius 1 is 1.29 bits per heavy atom. The van der Waals surface area contributed by atoms with Crippen molar-refractivity contribution in [3.63, 3.8) is 0 Å². The Bertz CT molecular complexity index is 523. The second-order valence-corrected chi connectivity index (χ2v) is 3.55. The molecule has 2 rings (SSSR count).